The van der Waals surface area contributed by atoms with E-state index in [-0.39, 0.29) is 18.8 Å². The fraction of sp³-hybridized carbons (Fsp3) is 0.769. The zero-order chi connectivity index (χ0) is 11.4. The largest absolute Gasteiger partial charge is 0.396 e. The van der Waals surface area contributed by atoms with E-state index in [4.69, 9.17) is 5.11 Å². The van der Waals surface area contributed by atoms with Crippen molar-refractivity contribution in [2.75, 3.05) is 6.61 Å². The van der Waals surface area contributed by atoms with Crippen molar-refractivity contribution in [3.63, 3.8) is 0 Å². The van der Waals surface area contributed by atoms with Gasteiger partial charge in [0, 0.05) is 6.42 Å². The van der Waals surface area contributed by atoms with Crippen LogP contribution in [0.15, 0.2) is 12.2 Å². The number of aliphatic hydroxyl groups excluding tert-OH is 1. The average Bonchev–Trinajstić information content (AvgIpc) is 2.22. The van der Waals surface area contributed by atoms with E-state index in [0.717, 1.165) is 6.42 Å². The summed E-state index contributed by atoms with van der Waals surface area (Å²) in [5.41, 5.74) is 0. The maximum atomic E-state index is 11.0. The van der Waals surface area contributed by atoms with Crippen LogP contribution in [-0.4, -0.2) is 17.5 Å². The molecule has 2 heteroatoms. The molecule has 0 aliphatic rings. The van der Waals surface area contributed by atoms with E-state index in [1.54, 1.807) is 6.08 Å². The normalized spacial score (nSPS) is 11.1. The van der Waals surface area contributed by atoms with Gasteiger partial charge in [-0.25, -0.2) is 0 Å². The van der Waals surface area contributed by atoms with Crippen molar-refractivity contribution >= 4 is 5.78 Å². The summed E-state index contributed by atoms with van der Waals surface area (Å²) in [5, 5.41) is 8.51. The molecule has 0 saturated carbocycles. The lowest BCUT2D eigenvalue weighted by atomic mass is 10.1. The van der Waals surface area contributed by atoms with Crippen molar-refractivity contribution in [2.45, 2.75) is 58.3 Å². The van der Waals surface area contributed by atoms with Crippen molar-refractivity contribution in [1.82, 2.24) is 0 Å². The standard InChI is InChI=1S/C13H24O2/c1-2-3-4-5-6-7-8-9-10-13(15)11-12-14/h9-10,14H,2-8,11-12H2,1H3. The maximum absolute atomic E-state index is 11.0. The number of allylic oxidation sites excluding steroid dienone is 2. The minimum Gasteiger partial charge on any atom is -0.396 e. The van der Waals surface area contributed by atoms with Crippen LogP contribution in [0.2, 0.25) is 0 Å². The molecular formula is C13H24O2. The van der Waals surface area contributed by atoms with Gasteiger partial charge in [0.15, 0.2) is 5.78 Å². The monoisotopic (exact) mass is 212 g/mol. The Morgan fingerprint density at radius 1 is 1.13 bits per heavy atom. The van der Waals surface area contributed by atoms with Gasteiger partial charge in [-0.2, -0.15) is 0 Å². The Morgan fingerprint density at radius 2 is 1.80 bits per heavy atom. The fourth-order valence-electron chi connectivity index (χ4n) is 1.45. The SMILES string of the molecule is CCCCCCCCC=CC(=O)CCO. The van der Waals surface area contributed by atoms with E-state index < -0.39 is 0 Å². The van der Waals surface area contributed by atoms with Crippen molar-refractivity contribution in [3.8, 4) is 0 Å². The highest BCUT2D eigenvalue weighted by Gasteiger charge is 1.93. The minimum absolute atomic E-state index is 0.0310. The predicted molar refractivity (Wildman–Crippen MR) is 63.8 cm³/mol. The van der Waals surface area contributed by atoms with Crippen LogP contribution >= 0.6 is 0 Å². The molecule has 15 heavy (non-hydrogen) atoms. The number of rotatable bonds is 10. The van der Waals surface area contributed by atoms with Crippen molar-refractivity contribution < 1.29 is 9.90 Å². The van der Waals surface area contributed by atoms with Crippen LogP contribution in [0.1, 0.15) is 58.3 Å². The van der Waals surface area contributed by atoms with Crippen molar-refractivity contribution in [2.24, 2.45) is 0 Å². The van der Waals surface area contributed by atoms with E-state index in [0.29, 0.717) is 0 Å². The molecule has 0 saturated heterocycles. The lowest BCUT2D eigenvalue weighted by Crippen LogP contribution is -1.95. The Labute approximate surface area is 93.4 Å². The van der Waals surface area contributed by atoms with Crippen LogP contribution in [0.3, 0.4) is 0 Å². The maximum Gasteiger partial charge on any atom is 0.157 e. The Hall–Kier alpha value is -0.630. The predicted octanol–water partition coefficient (Wildman–Crippen LogP) is 3.24. The highest BCUT2D eigenvalue weighted by atomic mass is 16.3. The van der Waals surface area contributed by atoms with Crippen LogP contribution in [0, 0.1) is 0 Å². The second-order valence-corrected chi connectivity index (χ2v) is 3.90. The number of carbonyl (C=O) groups excluding carboxylic acids is 1. The van der Waals surface area contributed by atoms with Gasteiger partial charge in [0.1, 0.15) is 0 Å². The number of carbonyl (C=O) groups is 1. The molecule has 2 nitrogen and oxygen atoms in total. The molecular weight excluding hydrogens is 188 g/mol. The van der Waals surface area contributed by atoms with Crippen LogP contribution in [-0.2, 0) is 4.79 Å². The lowest BCUT2D eigenvalue weighted by Gasteiger charge is -1.97. The first kappa shape index (κ1) is 14.4. The van der Waals surface area contributed by atoms with E-state index in [1.807, 2.05) is 6.08 Å². The summed E-state index contributed by atoms with van der Waals surface area (Å²) in [7, 11) is 0. The summed E-state index contributed by atoms with van der Waals surface area (Å²) in [5.74, 6) is 0.0310. The molecule has 88 valence electrons. The first-order valence-corrected chi connectivity index (χ1v) is 6.11. The summed E-state index contributed by atoms with van der Waals surface area (Å²) in [6.07, 6.45) is 12.5. The molecule has 0 rings (SSSR count). The topological polar surface area (TPSA) is 37.3 Å². The fourth-order valence-corrected chi connectivity index (χ4v) is 1.45. The molecule has 0 heterocycles. The molecule has 0 aliphatic carbocycles. The van der Waals surface area contributed by atoms with Gasteiger partial charge in [-0.3, -0.25) is 4.79 Å². The molecule has 0 aromatic rings. The van der Waals surface area contributed by atoms with Crippen LogP contribution in [0.5, 0.6) is 0 Å². The summed E-state index contributed by atoms with van der Waals surface area (Å²) < 4.78 is 0. The number of hydrogen-bond donors (Lipinski definition) is 1. The Balaban J connectivity index is 3.19. The number of hydrogen-bond acceptors (Lipinski definition) is 2. The first-order chi connectivity index (χ1) is 7.31. The van der Waals surface area contributed by atoms with E-state index in [9.17, 15) is 4.79 Å². The molecule has 0 aliphatic heterocycles. The molecule has 1 N–H and O–H groups in total. The van der Waals surface area contributed by atoms with Crippen LogP contribution < -0.4 is 0 Å². The Morgan fingerprint density at radius 3 is 2.47 bits per heavy atom. The summed E-state index contributed by atoms with van der Waals surface area (Å²) in [4.78, 5) is 11.0. The molecule has 0 radical (unpaired) electrons. The van der Waals surface area contributed by atoms with Gasteiger partial charge in [-0.05, 0) is 18.9 Å². The third kappa shape index (κ3) is 11.3. The van der Waals surface area contributed by atoms with Crippen LogP contribution in [0.4, 0.5) is 0 Å². The molecule has 0 amide bonds. The van der Waals surface area contributed by atoms with Gasteiger partial charge in [0.2, 0.25) is 0 Å². The van der Waals surface area contributed by atoms with E-state index >= 15 is 0 Å². The molecule has 0 spiro atoms. The third-order valence-corrected chi connectivity index (χ3v) is 2.39. The summed E-state index contributed by atoms with van der Waals surface area (Å²) in [6.45, 7) is 2.18. The third-order valence-electron chi connectivity index (χ3n) is 2.39. The average molecular weight is 212 g/mol. The van der Waals surface area contributed by atoms with E-state index in [1.165, 1.54) is 38.5 Å². The first-order valence-electron chi connectivity index (χ1n) is 6.11. The zero-order valence-corrected chi connectivity index (χ0v) is 9.87. The van der Waals surface area contributed by atoms with Crippen molar-refractivity contribution in [3.05, 3.63) is 12.2 Å². The van der Waals surface area contributed by atoms with Gasteiger partial charge < -0.3 is 5.11 Å². The smallest absolute Gasteiger partial charge is 0.157 e. The van der Waals surface area contributed by atoms with Gasteiger partial charge in [0.05, 0.1) is 6.61 Å². The summed E-state index contributed by atoms with van der Waals surface area (Å²) >= 11 is 0. The minimum atomic E-state index is -0.0415. The van der Waals surface area contributed by atoms with Crippen LogP contribution in [0.25, 0.3) is 0 Å². The van der Waals surface area contributed by atoms with Gasteiger partial charge in [-0.15, -0.1) is 0 Å². The quantitative estimate of drug-likeness (QED) is 0.446. The molecule has 0 atom stereocenters. The van der Waals surface area contributed by atoms with Crippen molar-refractivity contribution in [1.29, 1.82) is 0 Å². The number of unbranched alkanes of at least 4 members (excludes halogenated alkanes) is 6. The zero-order valence-electron chi connectivity index (χ0n) is 9.87. The number of ketones is 1. The number of aliphatic hydroxyl groups is 1. The Kier molecular flexibility index (Phi) is 11.0. The lowest BCUT2D eigenvalue weighted by molar-refractivity contribution is -0.115. The van der Waals surface area contributed by atoms with Gasteiger partial charge >= 0.3 is 0 Å². The highest BCUT2D eigenvalue weighted by Crippen LogP contribution is 2.07. The molecule has 0 fully saturated rings. The van der Waals surface area contributed by atoms with Gasteiger partial charge in [0.25, 0.3) is 0 Å². The van der Waals surface area contributed by atoms with Gasteiger partial charge in [-0.1, -0.05) is 45.1 Å². The second-order valence-electron chi connectivity index (χ2n) is 3.90. The Bertz CT molecular complexity index is 173. The molecule has 0 aromatic carbocycles. The molecule has 0 unspecified atom stereocenters. The second kappa shape index (κ2) is 11.4. The highest BCUT2D eigenvalue weighted by molar-refractivity contribution is 5.89. The molecule has 0 bridgehead atoms. The summed E-state index contributed by atoms with van der Waals surface area (Å²) in [6, 6.07) is 0. The molecule has 0 aromatic heterocycles. The van der Waals surface area contributed by atoms with E-state index in [2.05, 4.69) is 6.92 Å².